The van der Waals surface area contributed by atoms with E-state index in [4.69, 9.17) is 0 Å². The van der Waals surface area contributed by atoms with Gasteiger partial charge in [0.25, 0.3) is 0 Å². The van der Waals surface area contributed by atoms with Crippen LogP contribution in [0.2, 0.25) is 0 Å². The molecule has 0 spiro atoms. The SMILES string of the molecule is Cc1ccc(C2=Cc3c(F)cccc3C(C=O)N2)cc1. The standard InChI is InChI=1S/C17H14FNO/c1-11-5-7-12(8-6-11)16-9-14-13(17(10-20)19-16)3-2-4-15(14)18/h2-10,17,19H,1H3. The van der Waals surface area contributed by atoms with Gasteiger partial charge in [-0.25, -0.2) is 4.39 Å². The maximum Gasteiger partial charge on any atom is 0.146 e. The summed E-state index contributed by atoms with van der Waals surface area (Å²) < 4.78 is 13.9. The van der Waals surface area contributed by atoms with Crippen LogP contribution < -0.4 is 5.32 Å². The van der Waals surface area contributed by atoms with Gasteiger partial charge < -0.3 is 10.1 Å². The van der Waals surface area contributed by atoms with E-state index in [-0.39, 0.29) is 5.82 Å². The van der Waals surface area contributed by atoms with E-state index in [0.717, 1.165) is 23.1 Å². The Labute approximate surface area is 116 Å². The third kappa shape index (κ3) is 2.11. The van der Waals surface area contributed by atoms with Gasteiger partial charge >= 0.3 is 0 Å². The molecule has 1 N–H and O–H groups in total. The maximum atomic E-state index is 13.9. The van der Waals surface area contributed by atoms with Crippen LogP contribution in [0.4, 0.5) is 4.39 Å². The minimum Gasteiger partial charge on any atom is -0.371 e. The van der Waals surface area contributed by atoms with Crippen LogP contribution >= 0.6 is 0 Å². The summed E-state index contributed by atoms with van der Waals surface area (Å²) in [4.78, 5) is 11.3. The van der Waals surface area contributed by atoms with E-state index < -0.39 is 6.04 Å². The largest absolute Gasteiger partial charge is 0.371 e. The van der Waals surface area contributed by atoms with Crippen LogP contribution in [-0.4, -0.2) is 6.29 Å². The molecule has 0 aliphatic carbocycles. The number of rotatable bonds is 2. The zero-order valence-electron chi connectivity index (χ0n) is 11.1. The first-order valence-electron chi connectivity index (χ1n) is 6.48. The Morgan fingerprint density at radius 2 is 1.90 bits per heavy atom. The van der Waals surface area contributed by atoms with E-state index in [1.165, 1.54) is 6.07 Å². The number of fused-ring (bicyclic) bond motifs is 1. The fraction of sp³-hybridized carbons (Fsp3) is 0.118. The lowest BCUT2D eigenvalue weighted by Gasteiger charge is -2.25. The van der Waals surface area contributed by atoms with Crippen molar-refractivity contribution in [1.82, 2.24) is 5.32 Å². The number of nitrogens with one attached hydrogen (secondary N) is 1. The molecule has 2 aromatic rings. The van der Waals surface area contributed by atoms with Crippen molar-refractivity contribution >= 4 is 18.1 Å². The fourth-order valence-corrected chi connectivity index (χ4v) is 2.42. The normalized spacial score (nSPS) is 16.9. The van der Waals surface area contributed by atoms with Crippen LogP contribution in [0.25, 0.3) is 11.8 Å². The van der Waals surface area contributed by atoms with E-state index in [0.29, 0.717) is 11.1 Å². The van der Waals surface area contributed by atoms with Gasteiger partial charge in [-0.3, -0.25) is 0 Å². The lowest BCUT2D eigenvalue weighted by atomic mass is 9.94. The predicted octanol–water partition coefficient (Wildman–Crippen LogP) is 3.48. The molecule has 20 heavy (non-hydrogen) atoms. The summed E-state index contributed by atoms with van der Waals surface area (Å²) >= 11 is 0. The molecule has 0 amide bonds. The second-order valence-electron chi connectivity index (χ2n) is 4.92. The number of aldehydes is 1. The molecule has 100 valence electrons. The number of aryl methyl sites for hydroxylation is 1. The first-order chi connectivity index (χ1) is 9.69. The molecular weight excluding hydrogens is 253 g/mol. The second kappa shape index (κ2) is 4.93. The number of carbonyl (C=O) groups is 1. The fourth-order valence-electron chi connectivity index (χ4n) is 2.42. The van der Waals surface area contributed by atoms with E-state index >= 15 is 0 Å². The molecule has 0 saturated carbocycles. The average molecular weight is 267 g/mol. The molecule has 3 heteroatoms. The van der Waals surface area contributed by atoms with Gasteiger partial charge in [0.2, 0.25) is 0 Å². The Balaban J connectivity index is 2.12. The van der Waals surface area contributed by atoms with Gasteiger partial charge in [0.05, 0.1) is 0 Å². The first-order valence-corrected chi connectivity index (χ1v) is 6.48. The summed E-state index contributed by atoms with van der Waals surface area (Å²) in [5.41, 5.74) is 4.02. The lowest BCUT2D eigenvalue weighted by molar-refractivity contribution is -0.109. The van der Waals surface area contributed by atoms with Gasteiger partial charge in [0.1, 0.15) is 18.1 Å². The number of benzene rings is 2. The van der Waals surface area contributed by atoms with Crippen molar-refractivity contribution in [2.75, 3.05) is 0 Å². The highest BCUT2D eigenvalue weighted by Gasteiger charge is 2.22. The molecule has 1 atom stereocenters. The summed E-state index contributed by atoms with van der Waals surface area (Å²) in [5.74, 6) is -0.305. The van der Waals surface area contributed by atoms with Crippen molar-refractivity contribution < 1.29 is 9.18 Å². The Hall–Kier alpha value is -2.42. The van der Waals surface area contributed by atoms with Crippen molar-refractivity contribution in [3.63, 3.8) is 0 Å². The summed E-state index contributed by atoms with van der Waals surface area (Å²) in [6.45, 7) is 2.01. The molecular formula is C17H14FNO. The van der Waals surface area contributed by atoms with Gasteiger partial charge in [0, 0.05) is 11.3 Å². The molecule has 1 aliphatic rings. The molecule has 0 fully saturated rings. The minimum absolute atomic E-state index is 0.305. The topological polar surface area (TPSA) is 29.1 Å². The predicted molar refractivity (Wildman–Crippen MR) is 77.4 cm³/mol. The molecule has 2 aromatic carbocycles. The summed E-state index contributed by atoms with van der Waals surface area (Å²) in [7, 11) is 0. The minimum atomic E-state index is -0.512. The van der Waals surface area contributed by atoms with Crippen molar-refractivity contribution in [2.24, 2.45) is 0 Å². The molecule has 0 saturated heterocycles. The van der Waals surface area contributed by atoms with Crippen LogP contribution in [0.1, 0.15) is 28.3 Å². The Bertz CT molecular complexity index is 689. The molecule has 1 unspecified atom stereocenters. The molecule has 0 bridgehead atoms. The Kier molecular flexibility index (Phi) is 3.11. The third-order valence-electron chi connectivity index (χ3n) is 3.52. The van der Waals surface area contributed by atoms with E-state index in [2.05, 4.69) is 5.32 Å². The highest BCUT2D eigenvalue weighted by Crippen LogP contribution is 2.30. The van der Waals surface area contributed by atoms with E-state index in [9.17, 15) is 9.18 Å². The maximum absolute atomic E-state index is 13.9. The van der Waals surface area contributed by atoms with Crippen LogP contribution in [0, 0.1) is 12.7 Å². The summed E-state index contributed by atoms with van der Waals surface area (Å²) in [5, 5.41) is 3.15. The Morgan fingerprint density at radius 3 is 2.60 bits per heavy atom. The molecule has 3 rings (SSSR count). The highest BCUT2D eigenvalue weighted by atomic mass is 19.1. The quantitative estimate of drug-likeness (QED) is 0.844. The molecule has 0 radical (unpaired) electrons. The highest BCUT2D eigenvalue weighted by molar-refractivity contribution is 5.87. The van der Waals surface area contributed by atoms with Crippen molar-refractivity contribution in [1.29, 1.82) is 0 Å². The zero-order chi connectivity index (χ0) is 14.1. The van der Waals surface area contributed by atoms with E-state index in [1.807, 2.05) is 31.2 Å². The van der Waals surface area contributed by atoms with Crippen LogP contribution in [-0.2, 0) is 4.79 Å². The first kappa shape index (κ1) is 12.6. The molecule has 1 aliphatic heterocycles. The summed E-state index contributed by atoms with van der Waals surface area (Å²) in [6, 6.07) is 12.2. The summed E-state index contributed by atoms with van der Waals surface area (Å²) in [6.07, 6.45) is 2.56. The van der Waals surface area contributed by atoms with Crippen molar-refractivity contribution in [3.8, 4) is 0 Å². The van der Waals surface area contributed by atoms with Crippen molar-refractivity contribution in [2.45, 2.75) is 13.0 Å². The van der Waals surface area contributed by atoms with Gasteiger partial charge in [-0.05, 0) is 30.2 Å². The number of hydrogen-bond acceptors (Lipinski definition) is 2. The van der Waals surface area contributed by atoms with Crippen LogP contribution in [0.15, 0.2) is 42.5 Å². The van der Waals surface area contributed by atoms with Gasteiger partial charge in [-0.2, -0.15) is 0 Å². The van der Waals surface area contributed by atoms with Crippen molar-refractivity contribution in [3.05, 3.63) is 70.5 Å². The third-order valence-corrected chi connectivity index (χ3v) is 3.52. The van der Waals surface area contributed by atoms with Gasteiger partial charge in [-0.1, -0.05) is 42.0 Å². The average Bonchev–Trinajstić information content (AvgIpc) is 2.47. The second-order valence-corrected chi connectivity index (χ2v) is 4.92. The molecule has 0 aromatic heterocycles. The number of carbonyl (C=O) groups excluding carboxylic acids is 1. The zero-order valence-corrected chi connectivity index (χ0v) is 11.1. The molecule has 1 heterocycles. The smallest absolute Gasteiger partial charge is 0.146 e. The number of halogens is 1. The van der Waals surface area contributed by atoms with Crippen LogP contribution in [0.3, 0.4) is 0 Å². The van der Waals surface area contributed by atoms with Crippen LogP contribution in [0.5, 0.6) is 0 Å². The van der Waals surface area contributed by atoms with Gasteiger partial charge in [-0.15, -0.1) is 0 Å². The van der Waals surface area contributed by atoms with E-state index in [1.54, 1.807) is 18.2 Å². The molecule has 2 nitrogen and oxygen atoms in total. The Morgan fingerprint density at radius 1 is 1.15 bits per heavy atom. The van der Waals surface area contributed by atoms with Gasteiger partial charge in [0.15, 0.2) is 0 Å². The monoisotopic (exact) mass is 267 g/mol. The number of hydrogen-bond donors (Lipinski definition) is 1. The lowest BCUT2D eigenvalue weighted by Crippen LogP contribution is -2.25.